The zero-order valence-corrected chi connectivity index (χ0v) is 9.82. The Kier molecular flexibility index (Phi) is 2.78. The quantitative estimate of drug-likeness (QED) is 0.821. The van der Waals surface area contributed by atoms with E-state index in [1.807, 2.05) is 25.0 Å². The molecule has 0 spiro atoms. The third-order valence-electron chi connectivity index (χ3n) is 3.78. The fraction of sp³-hybridized carbons (Fsp3) is 0.818. The third-order valence-corrected chi connectivity index (χ3v) is 3.78. The Hall–Kier alpha value is -0.900. The first-order chi connectivity index (χ1) is 7.17. The first-order valence-corrected chi connectivity index (χ1v) is 5.69. The van der Waals surface area contributed by atoms with Crippen LogP contribution in [0, 0.1) is 5.41 Å². The highest BCUT2D eigenvalue weighted by molar-refractivity contribution is 5.08. The molecule has 0 radical (unpaired) electrons. The van der Waals surface area contributed by atoms with Crippen molar-refractivity contribution in [2.24, 2.45) is 12.5 Å². The molecule has 4 heteroatoms. The van der Waals surface area contributed by atoms with Crippen molar-refractivity contribution in [1.82, 2.24) is 20.3 Å². The molecule has 1 aromatic heterocycles. The monoisotopic (exact) mass is 208 g/mol. The molecule has 1 N–H and O–H groups in total. The van der Waals surface area contributed by atoms with Gasteiger partial charge < -0.3 is 5.32 Å². The maximum Gasteiger partial charge on any atom is 0.0758 e. The molecule has 1 saturated carbocycles. The summed E-state index contributed by atoms with van der Waals surface area (Å²) >= 11 is 0. The molecule has 2 rings (SSSR count). The lowest BCUT2D eigenvalue weighted by Gasteiger charge is -2.33. The molecule has 1 fully saturated rings. The first kappa shape index (κ1) is 10.6. The normalized spacial score (nSPS) is 21.8. The van der Waals surface area contributed by atoms with E-state index in [0.29, 0.717) is 11.5 Å². The van der Waals surface area contributed by atoms with Gasteiger partial charge in [0.1, 0.15) is 0 Å². The summed E-state index contributed by atoms with van der Waals surface area (Å²) in [5, 5.41) is 11.4. The SMILES string of the molecule is CNC(c1cnnn1C)C1(C)CCCC1. The fourth-order valence-corrected chi connectivity index (χ4v) is 2.88. The van der Waals surface area contributed by atoms with Crippen LogP contribution in [0.3, 0.4) is 0 Å². The highest BCUT2D eigenvalue weighted by Crippen LogP contribution is 2.46. The predicted octanol–water partition coefficient (Wildman–Crippen LogP) is 1.66. The van der Waals surface area contributed by atoms with Gasteiger partial charge in [-0.3, -0.25) is 4.68 Å². The topological polar surface area (TPSA) is 42.7 Å². The lowest BCUT2D eigenvalue weighted by molar-refractivity contribution is 0.224. The van der Waals surface area contributed by atoms with Gasteiger partial charge in [0.2, 0.25) is 0 Å². The molecule has 1 heterocycles. The van der Waals surface area contributed by atoms with Crippen LogP contribution in [0.1, 0.15) is 44.3 Å². The van der Waals surface area contributed by atoms with E-state index in [-0.39, 0.29) is 0 Å². The summed E-state index contributed by atoms with van der Waals surface area (Å²) in [6, 6.07) is 0.375. The van der Waals surface area contributed by atoms with Crippen LogP contribution in [0.25, 0.3) is 0 Å². The Morgan fingerprint density at radius 2 is 2.13 bits per heavy atom. The Bertz CT molecular complexity index is 325. The molecular weight excluding hydrogens is 188 g/mol. The van der Waals surface area contributed by atoms with Gasteiger partial charge in [-0.15, -0.1) is 5.10 Å². The number of aromatic nitrogens is 3. The maximum absolute atomic E-state index is 4.01. The predicted molar refractivity (Wildman–Crippen MR) is 59.4 cm³/mol. The Labute approximate surface area is 91.1 Å². The van der Waals surface area contributed by atoms with E-state index in [1.54, 1.807) is 0 Å². The minimum absolute atomic E-state index is 0.365. The van der Waals surface area contributed by atoms with Crippen LogP contribution in [0.5, 0.6) is 0 Å². The van der Waals surface area contributed by atoms with E-state index in [9.17, 15) is 0 Å². The van der Waals surface area contributed by atoms with Crippen LogP contribution in [-0.2, 0) is 7.05 Å². The van der Waals surface area contributed by atoms with Crippen molar-refractivity contribution < 1.29 is 0 Å². The molecule has 0 bridgehead atoms. The second-order valence-corrected chi connectivity index (χ2v) is 4.87. The number of nitrogens with zero attached hydrogens (tertiary/aromatic N) is 3. The summed E-state index contributed by atoms with van der Waals surface area (Å²) in [5.41, 5.74) is 1.56. The van der Waals surface area contributed by atoms with Crippen LogP contribution in [0.4, 0.5) is 0 Å². The van der Waals surface area contributed by atoms with E-state index >= 15 is 0 Å². The fourth-order valence-electron chi connectivity index (χ4n) is 2.88. The Morgan fingerprint density at radius 1 is 1.47 bits per heavy atom. The first-order valence-electron chi connectivity index (χ1n) is 5.69. The smallest absolute Gasteiger partial charge is 0.0758 e. The van der Waals surface area contributed by atoms with Crippen molar-refractivity contribution in [1.29, 1.82) is 0 Å². The number of aryl methyl sites for hydroxylation is 1. The van der Waals surface area contributed by atoms with Crippen molar-refractivity contribution in [3.05, 3.63) is 11.9 Å². The highest BCUT2D eigenvalue weighted by Gasteiger charge is 2.38. The summed E-state index contributed by atoms with van der Waals surface area (Å²) < 4.78 is 1.88. The van der Waals surface area contributed by atoms with Gasteiger partial charge >= 0.3 is 0 Å². The Balaban J connectivity index is 2.27. The number of rotatable bonds is 3. The molecule has 0 aromatic carbocycles. The molecule has 1 aliphatic rings. The van der Waals surface area contributed by atoms with Gasteiger partial charge in [-0.1, -0.05) is 25.0 Å². The van der Waals surface area contributed by atoms with Gasteiger partial charge in [-0.05, 0) is 25.3 Å². The van der Waals surface area contributed by atoms with Gasteiger partial charge in [0, 0.05) is 7.05 Å². The minimum Gasteiger partial charge on any atom is -0.311 e. The van der Waals surface area contributed by atoms with E-state index in [1.165, 1.54) is 31.4 Å². The second-order valence-electron chi connectivity index (χ2n) is 4.87. The van der Waals surface area contributed by atoms with Gasteiger partial charge in [-0.25, -0.2) is 0 Å². The molecular formula is C11H20N4. The summed E-state index contributed by atoms with van der Waals surface area (Å²) in [6.45, 7) is 2.37. The lowest BCUT2D eigenvalue weighted by Crippen LogP contribution is -2.33. The van der Waals surface area contributed by atoms with E-state index in [2.05, 4.69) is 22.6 Å². The van der Waals surface area contributed by atoms with Crippen molar-refractivity contribution in [2.45, 2.75) is 38.6 Å². The van der Waals surface area contributed by atoms with Crippen LogP contribution in [0.2, 0.25) is 0 Å². The van der Waals surface area contributed by atoms with Crippen molar-refractivity contribution in [3.63, 3.8) is 0 Å². The molecule has 15 heavy (non-hydrogen) atoms. The molecule has 4 nitrogen and oxygen atoms in total. The molecule has 1 unspecified atom stereocenters. The molecule has 1 aromatic rings. The number of hydrogen-bond acceptors (Lipinski definition) is 3. The van der Waals surface area contributed by atoms with E-state index < -0.39 is 0 Å². The van der Waals surface area contributed by atoms with E-state index in [4.69, 9.17) is 0 Å². The van der Waals surface area contributed by atoms with Crippen LogP contribution in [-0.4, -0.2) is 22.0 Å². The van der Waals surface area contributed by atoms with E-state index in [0.717, 1.165) is 0 Å². The Morgan fingerprint density at radius 3 is 2.60 bits per heavy atom. The average Bonchev–Trinajstić information content (AvgIpc) is 2.79. The van der Waals surface area contributed by atoms with Crippen LogP contribution >= 0.6 is 0 Å². The zero-order chi connectivity index (χ0) is 10.9. The summed E-state index contributed by atoms with van der Waals surface area (Å²) in [7, 11) is 3.99. The molecule has 0 saturated heterocycles. The van der Waals surface area contributed by atoms with Gasteiger partial charge in [-0.2, -0.15) is 0 Å². The number of nitrogens with one attached hydrogen (secondary N) is 1. The van der Waals surface area contributed by atoms with Crippen molar-refractivity contribution in [2.75, 3.05) is 7.05 Å². The number of hydrogen-bond donors (Lipinski definition) is 1. The molecule has 0 amide bonds. The molecule has 1 atom stereocenters. The maximum atomic E-state index is 4.01. The summed E-state index contributed by atoms with van der Waals surface area (Å²) in [6.07, 6.45) is 7.16. The zero-order valence-electron chi connectivity index (χ0n) is 9.82. The molecule has 0 aliphatic heterocycles. The van der Waals surface area contributed by atoms with Crippen molar-refractivity contribution >= 4 is 0 Å². The van der Waals surface area contributed by atoms with Crippen LogP contribution in [0.15, 0.2) is 6.20 Å². The molecule has 84 valence electrons. The summed E-state index contributed by atoms with van der Waals surface area (Å²) in [4.78, 5) is 0. The third kappa shape index (κ3) is 1.78. The largest absolute Gasteiger partial charge is 0.311 e. The lowest BCUT2D eigenvalue weighted by atomic mass is 9.79. The minimum atomic E-state index is 0.365. The van der Waals surface area contributed by atoms with Gasteiger partial charge in [0.15, 0.2) is 0 Å². The van der Waals surface area contributed by atoms with Crippen LogP contribution < -0.4 is 5.32 Å². The highest BCUT2D eigenvalue weighted by atomic mass is 15.4. The average molecular weight is 208 g/mol. The van der Waals surface area contributed by atoms with Crippen molar-refractivity contribution in [3.8, 4) is 0 Å². The summed E-state index contributed by atoms with van der Waals surface area (Å²) in [5.74, 6) is 0. The standard InChI is InChI=1S/C11H20N4/c1-11(6-4-5-7-11)10(12-2)9-8-13-14-15(9)3/h8,10,12H,4-7H2,1-3H3. The second kappa shape index (κ2) is 3.93. The van der Waals surface area contributed by atoms with Gasteiger partial charge in [0.25, 0.3) is 0 Å². The molecule has 1 aliphatic carbocycles. The van der Waals surface area contributed by atoms with Gasteiger partial charge in [0.05, 0.1) is 17.9 Å².